The summed E-state index contributed by atoms with van der Waals surface area (Å²) in [7, 11) is 0. The van der Waals surface area contributed by atoms with Crippen molar-refractivity contribution < 1.29 is 4.79 Å². The molecule has 1 aromatic heterocycles. The molecule has 2 N–H and O–H groups in total. The molecule has 28 heavy (non-hydrogen) atoms. The van der Waals surface area contributed by atoms with Gasteiger partial charge in [-0.05, 0) is 38.5 Å². The summed E-state index contributed by atoms with van der Waals surface area (Å²) in [5.41, 5.74) is 8.63. The smallest absolute Gasteiger partial charge is 0.259 e. The van der Waals surface area contributed by atoms with Crippen molar-refractivity contribution in [3.63, 3.8) is 0 Å². The van der Waals surface area contributed by atoms with Crippen molar-refractivity contribution in [2.75, 3.05) is 11.9 Å². The van der Waals surface area contributed by atoms with E-state index in [0.717, 1.165) is 22.6 Å². The second-order valence-electron chi connectivity index (χ2n) is 6.74. The molecule has 6 heteroatoms. The summed E-state index contributed by atoms with van der Waals surface area (Å²) in [5, 5.41) is 11.8. The number of hydrogen-bond donors (Lipinski definition) is 2. The zero-order valence-corrected chi connectivity index (χ0v) is 16.4. The number of carbonyl (C=O) groups is 1. The van der Waals surface area contributed by atoms with Crippen LogP contribution < -0.4 is 10.7 Å². The van der Waals surface area contributed by atoms with Gasteiger partial charge in [-0.25, -0.2) is 5.43 Å². The highest BCUT2D eigenvalue weighted by Crippen LogP contribution is 2.13. The third-order valence-corrected chi connectivity index (χ3v) is 4.50. The van der Waals surface area contributed by atoms with Crippen molar-refractivity contribution >= 4 is 17.8 Å². The number of nitrogens with zero attached hydrogens (tertiary/aromatic N) is 3. The van der Waals surface area contributed by atoms with E-state index in [1.165, 1.54) is 11.1 Å². The van der Waals surface area contributed by atoms with Gasteiger partial charge < -0.3 is 5.32 Å². The minimum atomic E-state index is -0.205. The van der Waals surface area contributed by atoms with E-state index in [9.17, 15) is 4.79 Å². The number of carbonyl (C=O) groups excluding carboxylic acids is 1. The highest BCUT2D eigenvalue weighted by molar-refractivity contribution is 5.85. The van der Waals surface area contributed by atoms with Gasteiger partial charge in [0.25, 0.3) is 5.91 Å². The molecular weight excluding hydrogens is 350 g/mol. The Morgan fingerprint density at radius 1 is 1.07 bits per heavy atom. The maximum Gasteiger partial charge on any atom is 0.259 e. The molecule has 2 aromatic carbocycles. The third kappa shape index (κ3) is 5.07. The predicted octanol–water partition coefficient (Wildman–Crippen LogP) is 3.42. The molecule has 3 aromatic rings. The van der Waals surface area contributed by atoms with E-state index < -0.39 is 0 Å². The molecule has 1 heterocycles. The molecule has 0 fully saturated rings. The number of anilines is 1. The Bertz CT molecular complexity index is 959. The highest BCUT2D eigenvalue weighted by atomic mass is 16.2. The number of hydrogen-bond acceptors (Lipinski definition) is 4. The van der Waals surface area contributed by atoms with Crippen LogP contribution in [0.1, 0.15) is 28.1 Å². The number of benzene rings is 2. The Morgan fingerprint density at radius 2 is 1.79 bits per heavy atom. The molecule has 3 rings (SSSR count). The third-order valence-electron chi connectivity index (χ3n) is 4.50. The topological polar surface area (TPSA) is 71.3 Å². The van der Waals surface area contributed by atoms with Crippen LogP contribution in [0.25, 0.3) is 0 Å². The van der Waals surface area contributed by atoms with Crippen molar-refractivity contribution in [2.45, 2.75) is 27.3 Å². The lowest BCUT2D eigenvalue weighted by atomic mass is 10.2. The summed E-state index contributed by atoms with van der Waals surface area (Å²) in [6.07, 6.45) is 1.66. The first kappa shape index (κ1) is 19.4. The summed E-state index contributed by atoms with van der Waals surface area (Å²) < 4.78 is 1.95. The van der Waals surface area contributed by atoms with Gasteiger partial charge in [0, 0.05) is 16.9 Å². The van der Waals surface area contributed by atoms with E-state index in [2.05, 4.69) is 33.1 Å². The molecule has 0 saturated carbocycles. The molecule has 0 bridgehead atoms. The quantitative estimate of drug-likeness (QED) is 0.491. The molecule has 0 aliphatic carbocycles. The van der Waals surface area contributed by atoms with Crippen LogP contribution in [0.2, 0.25) is 0 Å². The molecule has 0 atom stereocenters. The number of hydrazone groups is 1. The Hall–Kier alpha value is -3.41. The van der Waals surface area contributed by atoms with Gasteiger partial charge >= 0.3 is 0 Å². The lowest BCUT2D eigenvalue weighted by Gasteiger charge is -2.05. The largest absolute Gasteiger partial charge is 0.376 e. The Kier molecular flexibility index (Phi) is 6.22. The van der Waals surface area contributed by atoms with E-state index in [-0.39, 0.29) is 12.5 Å². The standard InChI is InChI=1S/C22H25N5O/c1-16-9-11-20(12-10-16)23-14-22(28)25-24-13-21-17(2)26-27(18(21)3)15-19-7-5-4-6-8-19/h4-13,23H,14-15H2,1-3H3,(H,25,28)/b24-13-. The lowest BCUT2D eigenvalue weighted by Crippen LogP contribution is -2.25. The maximum atomic E-state index is 12.0. The Morgan fingerprint density at radius 3 is 2.50 bits per heavy atom. The van der Waals surface area contributed by atoms with Gasteiger partial charge in [0.1, 0.15) is 0 Å². The second-order valence-corrected chi connectivity index (χ2v) is 6.74. The fourth-order valence-corrected chi connectivity index (χ4v) is 2.87. The summed E-state index contributed by atoms with van der Waals surface area (Å²) >= 11 is 0. The fraction of sp³-hybridized carbons (Fsp3) is 0.227. The minimum absolute atomic E-state index is 0.158. The predicted molar refractivity (Wildman–Crippen MR) is 113 cm³/mol. The van der Waals surface area contributed by atoms with Crippen LogP contribution >= 0.6 is 0 Å². The zero-order valence-electron chi connectivity index (χ0n) is 16.4. The summed E-state index contributed by atoms with van der Waals surface area (Å²) in [4.78, 5) is 12.0. The molecule has 0 radical (unpaired) electrons. The average Bonchev–Trinajstić information content (AvgIpc) is 2.95. The molecule has 1 amide bonds. The van der Waals surface area contributed by atoms with Crippen LogP contribution in [-0.4, -0.2) is 28.4 Å². The van der Waals surface area contributed by atoms with E-state index >= 15 is 0 Å². The Balaban J connectivity index is 1.56. The van der Waals surface area contributed by atoms with Crippen molar-refractivity contribution in [1.82, 2.24) is 15.2 Å². The normalized spacial score (nSPS) is 11.0. The monoisotopic (exact) mass is 375 g/mol. The first-order chi connectivity index (χ1) is 13.5. The number of amides is 1. The van der Waals surface area contributed by atoms with Gasteiger partial charge in [-0.3, -0.25) is 9.48 Å². The van der Waals surface area contributed by atoms with Gasteiger partial charge in [0.15, 0.2) is 0 Å². The summed E-state index contributed by atoms with van der Waals surface area (Å²) in [6.45, 7) is 6.83. The van der Waals surface area contributed by atoms with E-state index in [1.807, 2.05) is 67.9 Å². The first-order valence-corrected chi connectivity index (χ1v) is 9.23. The van der Waals surface area contributed by atoms with E-state index in [0.29, 0.717) is 6.54 Å². The van der Waals surface area contributed by atoms with Crippen LogP contribution in [0, 0.1) is 20.8 Å². The fourth-order valence-electron chi connectivity index (χ4n) is 2.87. The van der Waals surface area contributed by atoms with Crippen molar-refractivity contribution in [3.8, 4) is 0 Å². The first-order valence-electron chi connectivity index (χ1n) is 9.23. The lowest BCUT2D eigenvalue weighted by molar-refractivity contribution is -0.119. The van der Waals surface area contributed by atoms with Crippen molar-refractivity contribution in [1.29, 1.82) is 0 Å². The zero-order chi connectivity index (χ0) is 19.9. The number of aryl methyl sites for hydroxylation is 2. The number of aromatic nitrogens is 2. The molecule has 0 aliphatic rings. The molecule has 0 aliphatic heterocycles. The molecule has 144 valence electrons. The maximum absolute atomic E-state index is 12.0. The van der Waals surface area contributed by atoms with E-state index in [1.54, 1.807) is 6.21 Å². The van der Waals surface area contributed by atoms with E-state index in [4.69, 9.17) is 0 Å². The molecular formula is C22H25N5O. The number of rotatable bonds is 7. The van der Waals surface area contributed by atoms with Crippen LogP contribution in [0.5, 0.6) is 0 Å². The average molecular weight is 375 g/mol. The molecule has 0 unspecified atom stereocenters. The molecule has 6 nitrogen and oxygen atoms in total. The molecule has 0 saturated heterocycles. The Labute approximate surface area is 165 Å². The van der Waals surface area contributed by atoms with Gasteiger partial charge in [-0.15, -0.1) is 0 Å². The van der Waals surface area contributed by atoms with Gasteiger partial charge in [0.2, 0.25) is 0 Å². The van der Waals surface area contributed by atoms with Crippen molar-refractivity contribution in [3.05, 3.63) is 82.7 Å². The summed E-state index contributed by atoms with van der Waals surface area (Å²) in [5.74, 6) is -0.205. The number of nitrogens with one attached hydrogen (secondary N) is 2. The van der Waals surface area contributed by atoms with Crippen LogP contribution in [0.4, 0.5) is 5.69 Å². The van der Waals surface area contributed by atoms with Gasteiger partial charge in [-0.2, -0.15) is 10.2 Å². The van der Waals surface area contributed by atoms with Crippen LogP contribution in [0.15, 0.2) is 59.7 Å². The minimum Gasteiger partial charge on any atom is -0.376 e. The second kappa shape index (κ2) is 8.99. The van der Waals surface area contributed by atoms with Crippen LogP contribution in [-0.2, 0) is 11.3 Å². The van der Waals surface area contributed by atoms with Crippen molar-refractivity contribution in [2.24, 2.45) is 5.10 Å². The summed E-state index contributed by atoms with van der Waals surface area (Å²) in [6, 6.07) is 18.1. The van der Waals surface area contributed by atoms with Gasteiger partial charge in [-0.1, -0.05) is 48.0 Å². The van der Waals surface area contributed by atoms with Gasteiger partial charge in [0.05, 0.1) is 25.0 Å². The van der Waals surface area contributed by atoms with Crippen LogP contribution in [0.3, 0.4) is 0 Å². The molecule has 0 spiro atoms. The SMILES string of the molecule is Cc1ccc(NCC(=O)N/N=C\c2c(C)nn(Cc3ccccc3)c2C)cc1. The highest BCUT2D eigenvalue weighted by Gasteiger charge is 2.10.